The number of nitrogens with one attached hydrogen (secondary N) is 1. The van der Waals surface area contributed by atoms with E-state index in [1.165, 1.54) is 6.92 Å². The average Bonchev–Trinajstić information content (AvgIpc) is 2.53. The molecule has 2 N–H and O–H groups in total. The number of Topliss-reactive ketones (excluding diaryl/α,β-unsaturated/α-hetero) is 1. The molecule has 2 aromatic heterocycles. The molecule has 25 heavy (non-hydrogen) atoms. The van der Waals surface area contributed by atoms with Crippen LogP contribution < -0.4 is 5.56 Å². The number of hydrogen-bond acceptors (Lipinski definition) is 5. The molecular formula is C19H19N3O3. The molecule has 0 aliphatic heterocycles. The first kappa shape index (κ1) is 17.1. The summed E-state index contributed by atoms with van der Waals surface area (Å²) >= 11 is 0. The van der Waals surface area contributed by atoms with Crippen LogP contribution in [0.2, 0.25) is 0 Å². The molecule has 0 saturated carbocycles. The number of rotatable bonds is 2. The molecule has 3 atom stereocenters. The topological polar surface area (TPSA) is 107 Å². The van der Waals surface area contributed by atoms with E-state index in [0.29, 0.717) is 11.3 Å². The van der Waals surface area contributed by atoms with Crippen molar-refractivity contribution in [3.05, 3.63) is 62.8 Å². The van der Waals surface area contributed by atoms with Crippen LogP contribution in [0.1, 0.15) is 47.7 Å². The molecule has 0 saturated heterocycles. The van der Waals surface area contributed by atoms with E-state index in [2.05, 4.69) is 9.97 Å². The Hall–Kier alpha value is -2.78. The lowest BCUT2D eigenvalue weighted by atomic mass is 9.62. The van der Waals surface area contributed by atoms with Gasteiger partial charge in [0, 0.05) is 30.4 Å². The molecule has 0 bridgehead atoms. The molecule has 0 unspecified atom stereocenters. The summed E-state index contributed by atoms with van der Waals surface area (Å²) in [5.41, 5.74) is 0.775. The summed E-state index contributed by atoms with van der Waals surface area (Å²) in [6.45, 7) is 4.80. The highest BCUT2D eigenvalue weighted by Crippen LogP contribution is 2.47. The molecule has 2 aromatic rings. The van der Waals surface area contributed by atoms with Gasteiger partial charge in [-0.2, -0.15) is 5.26 Å². The Morgan fingerprint density at radius 2 is 2.24 bits per heavy atom. The Bertz CT molecular complexity index is 939. The zero-order chi connectivity index (χ0) is 18.4. The first-order chi connectivity index (χ1) is 11.8. The highest BCUT2D eigenvalue weighted by atomic mass is 16.3. The minimum atomic E-state index is -1.37. The number of H-pyrrole nitrogens is 1. The van der Waals surface area contributed by atoms with Gasteiger partial charge in [0.25, 0.3) is 5.56 Å². The molecular weight excluding hydrogens is 318 g/mol. The van der Waals surface area contributed by atoms with Gasteiger partial charge in [-0.05, 0) is 43.5 Å². The van der Waals surface area contributed by atoms with Crippen LogP contribution in [-0.2, 0) is 11.2 Å². The Balaban J connectivity index is 2.41. The van der Waals surface area contributed by atoms with Gasteiger partial charge in [0.1, 0.15) is 17.4 Å². The number of carbonyl (C=O) groups is 1. The van der Waals surface area contributed by atoms with Crippen molar-refractivity contribution in [2.24, 2.45) is 5.92 Å². The molecule has 3 rings (SSSR count). The van der Waals surface area contributed by atoms with E-state index in [1.807, 2.05) is 12.1 Å². The lowest BCUT2D eigenvalue weighted by Gasteiger charge is -2.43. The standard InChI is InChI=1S/C19H19N3O3/c1-10-15-13(14(8-20)18(24)22-10)7-19(3,25)17(11(2)23)16(15)12-5-4-6-21-9-12/h4-6,9,16-17,25H,7H2,1-3H3,(H,22,24)/t16-,17-,19+/m1/s1. The zero-order valence-corrected chi connectivity index (χ0v) is 14.3. The fourth-order valence-electron chi connectivity index (χ4n) is 4.11. The third kappa shape index (κ3) is 2.67. The number of aryl methyl sites for hydroxylation is 1. The maximum atomic E-state index is 12.4. The van der Waals surface area contributed by atoms with Crippen LogP contribution >= 0.6 is 0 Å². The summed E-state index contributed by atoms with van der Waals surface area (Å²) in [5, 5.41) is 20.5. The third-order valence-corrected chi connectivity index (χ3v) is 5.00. The minimum absolute atomic E-state index is 0.00299. The summed E-state index contributed by atoms with van der Waals surface area (Å²) in [6, 6.07) is 5.56. The second-order valence-corrected chi connectivity index (χ2v) is 6.84. The van der Waals surface area contributed by atoms with E-state index in [9.17, 15) is 20.0 Å². The van der Waals surface area contributed by atoms with Crippen LogP contribution in [0, 0.1) is 24.2 Å². The van der Waals surface area contributed by atoms with Gasteiger partial charge in [-0.15, -0.1) is 0 Å². The SMILES string of the molecule is CC(=O)[C@@H]1[C@H](c2cccnc2)c2c(C)[nH]c(=O)c(C#N)c2C[C@]1(C)O. The van der Waals surface area contributed by atoms with Gasteiger partial charge in [0.15, 0.2) is 0 Å². The van der Waals surface area contributed by atoms with Crippen molar-refractivity contribution in [2.45, 2.75) is 38.7 Å². The van der Waals surface area contributed by atoms with E-state index in [0.717, 1.165) is 11.1 Å². The van der Waals surface area contributed by atoms with Crippen molar-refractivity contribution in [2.75, 3.05) is 0 Å². The fraction of sp³-hybridized carbons (Fsp3) is 0.368. The summed E-state index contributed by atoms with van der Waals surface area (Å²) in [7, 11) is 0. The third-order valence-electron chi connectivity index (χ3n) is 5.00. The number of pyridine rings is 2. The lowest BCUT2D eigenvalue weighted by molar-refractivity contribution is -0.130. The summed E-state index contributed by atoms with van der Waals surface area (Å²) in [6.07, 6.45) is 3.37. The average molecular weight is 337 g/mol. The second kappa shape index (κ2) is 5.94. The van der Waals surface area contributed by atoms with Crippen molar-refractivity contribution in [1.29, 1.82) is 5.26 Å². The molecule has 0 aromatic carbocycles. The van der Waals surface area contributed by atoms with Gasteiger partial charge in [-0.25, -0.2) is 0 Å². The Morgan fingerprint density at radius 3 is 2.80 bits per heavy atom. The Labute approximate surface area is 145 Å². The summed E-state index contributed by atoms with van der Waals surface area (Å²) in [4.78, 5) is 31.4. The quantitative estimate of drug-likeness (QED) is 0.865. The molecule has 2 heterocycles. The number of hydrogen-bond donors (Lipinski definition) is 2. The Morgan fingerprint density at radius 1 is 1.52 bits per heavy atom. The molecule has 0 spiro atoms. The number of aromatic nitrogens is 2. The van der Waals surface area contributed by atoms with Crippen LogP contribution in [0.3, 0.4) is 0 Å². The molecule has 1 aliphatic carbocycles. The number of nitriles is 1. The van der Waals surface area contributed by atoms with Gasteiger partial charge in [-0.1, -0.05) is 6.07 Å². The van der Waals surface area contributed by atoms with Crippen molar-refractivity contribution in [3.63, 3.8) is 0 Å². The molecule has 6 heteroatoms. The van der Waals surface area contributed by atoms with Gasteiger partial charge in [0.05, 0.1) is 11.5 Å². The smallest absolute Gasteiger partial charge is 0.266 e. The predicted molar refractivity (Wildman–Crippen MR) is 91.1 cm³/mol. The van der Waals surface area contributed by atoms with Crippen molar-refractivity contribution in [1.82, 2.24) is 9.97 Å². The number of nitrogens with zero attached hydrogens (tertiary/aromatic N) is 2. The van der Waals surface area contributed by atoms with Crippen molar-refractivity contribution in [3.8, 4) is 6.07 Å². The van der Waals surface area contributed by atoms with Crippen LogP contribution in [0.15, 0.2) is 29.3 Å². The van der Waals surface area contributed by atoms with Crippen LogP contribution in [0.5, 0.6) is 0 Å². The Kier molecular flexibility index (Phi) is 4.05. The number of ketones is 1. The summed E-state index contributed by atoms with van der Waals surface area (Å²) < 4.78 is 0. The maximum Gasteiger partial charge on any atom is 0.266 e. The number of fused-ring (bicyclic) bond motifs is 1. The van der Waals surface area contributed by atoms with Crippen molar-refractivity contribution >= 4 is 5.78 Å². The molecule has 0 fully saturated rings. The van der Waals surface area contributed by atoms with E-state index < -0.39 is 23.0 Å². The van der Waals surface area contributed by atoms with E-state index in [-0.39, 0.29) is 17.8 Å². The number of aliphatic hydroxyl groups is 1. The minimum Gasteiger partial charge on any atom is -0.389 e. The van der Waals surface area contributed by atoms with Gasteiger partial charge in [0.2, 0.25) is 0 Å². The van der Waals surface area contributed by atoms with E-state index >= 15 is 0 Å². The predicted octanol–water partition coefficient (Wildman–Crippen LogP) is 1.59. The van der Waals surface area contributed by atoms with Crippen LogP contribution in [-0.4, -0.2) is 26.5 Å². The highest BCUT2D eigenvalue weighted by Gasteiger charge is 2.48. The van der Waals surface area contributed by atoms with Gasteiger partial charge >= 0.3 is 0 Å². The number of carbonyl (C=O) groups excluding carboxylic acids is 1. The number of aromatic amines is 1. The second-order valence-electron chi connectivity index (χ2n) is 6.84. The summed E-state index contributed by atoms with van der Waals surface area (Å²) in [5.74, 6) is -1.32. The largest absolute Gasteiger partial charge is 0.389 e. The van der Waals surface area contributed by atoms with E-state index in [1.54, 1.807) is 32.3 Å². The van der Waals surface area contributed by atoms with Crippen LogP contribution in [0.25, 0.3) is 0 Å². The molecule has 1 aliphatic rings. The first-order valence-electron chi connectivity index (χ1n) is 8.06. The van der Waals surface area contributed by atoms with Crippen LogP contribution in [0.4, 0.5) is 0 Å². The van der Waals surface area contributed by atoms with E-state index in [4.69, 9.17) is 0 Å². The van der Waals surface area contributed by atoms with Crippen molar-refractivity contribution < 1.29 is 9.90 Å². The maximum absolute atomic E-state index is 12.4. The highest BCUT2D eigenvalue weighted by molar-refractivity contribution is 5.82. The monoisotopic (exact) mass is 337 g/mol. The molecule has 0 radical (unpaired) electrons. The first-order valence-corrected chi connectivity index (χ1v) is 8.06. The molecule has 128 valence electrons. The molecule has 6 nitrogen and oxygen atoms in total. The normalized spacial score (nSPS) is 25.1. The van der Waals surface area contributed by atoms with Gasteiger partial charge in [-0.3, -0.25) is 14.6 Å². The van der Waals surface area contributed by atoms with Gasteiger partial charge < -0.3 is 10.1 Å². The lowest BCUT2D eigenvalue weighted by Crippen LogP contribution is -2.49. The zero-order valence-electron chi connectivity index (χ0n) is 14.3. The molecule has 0 amide bonds. The fourth-order valence-corrected chi connectivity index (χ4v) is 4.11.